The van der Waals surface area contributed by atoms with E-state index in [0.717, 1.165) is 13.1 Å². The van der Waals surface area contributed by atoms with Crippen molar-refractivity contribution in [1.29, 1.82) is 0 Å². The molecule has 0 aromatic heterocycles. The Balaban J connectivity index is 1.45. The molecule has 120 valence electrons. The van der Waals surface area contributed by atoms with Crippen LogP contribution in [0, 0.1) is 5.92 Å². The van der Waals surface area contributed by atoms with Crippen molar-refractivity contribution in [2.24, 2.45) is 5.92 Å². The third-order valence-electron chi connectivity index (χ3n) is 4.69. The summed E-state index contributed by atoms with van der Waals surface area (Å²) in [4.78, 5) is 18.3. The summed E-state index contributed by atoms with van der Waals surface area (Å²) in [6, 6.07) is 10.2. The molecule has 0 unspecified atom stereocenters. The Morgan fingerprint density at radius 1 is 1.09 bits per heavy atom. The first-order valence-corrected chi connectivity index (χ1v) is 9.48. The van der Waals surface area contributed by atoms with Crippen LogP contribution in [0.25, 0.3) is 0 Å². The zero-order chi connectivity index (χ0) is 15.2. The number of benzene rings is 1. The highest BCUT2D eigenvalue weighted by Gasteiger charge is 2.25. The average Bonchev–Trinajstić information content (AvgIpc) is 3.07. The summed E-state index contributed by atoms with van der Waals surface area (Å²) >= 11 is 1.65. The third kappa shape index (κ3) is 4.50. The molecule has 0 saturated carbocycles. The molecular formula is C18H26N2OS. The monoisotopic (exact) mass is 318 g/mol. The fourth-order valence-corrected chi connectivity index (χ4v) is 4.35. The molecule has 1 aromatic rings. The Labute approximate surface area is 138 Å². The number of amides is 1. The summed E-state index contributed by atoms with van der Waals surface area (Å²) in [5.41, 5.74) is 0. The Morgan fingerprint density at radius 3 is 2.64 bits per heavy atom. The minimum absolute atomic E-state index is 0.306. The van der Waals surface area contributed by atoms with Gasteiger partial charge < -0.3 is 9.80 Å². The zero-order valence-electron chi connectivity index (χ0n) is 13.2. The number of likely N-dealkylation sites (tertiary alicyclic amines) is 2. The van der Waals surface area contributed by atoms with E-state index in [2.05, 4.69) is 21.9 Å². The zero-order valence-corrected chi connectivity index (χ0v) is 14.1. The number of nitrogens with zero attached hydrogens (tertiary/aromatic N) is 2. The number of hydrogen-bond donors (Lipinski definition) is 0. The van der Waals surface area contributed by atoms with E-state index in [1.165, 1.54) is 50.2 Å². The van der Waals surface area contributed by atoms with Gasteiger partial charge in [0.1, 0.15) is 0 Å². The number of thioether (sulfide) groups is 1. The highest BCUT2D eigenvalue weighted by molar-refractivity contribution is 8.00. The number of carbonyl (C=O) groups excluding carboxylic acids is 1. The topological polar surface area (TPSA) is 23.6 Å². The maximum atomic E-state index is 12.4. The molecule has 3 nitrogen and oxygen atoms in total. The van der Waals surface area contributed by atoms with Crippen molar-refractivity contribution in [2.45, 2.75) is 30.6 Å². The van der Waals surface area contributed by atoms with Gasteiger partial charge in [-0.15, -0.1) is 11.8 Å². The van der Waals surface area contributed by atoms with E-state index < -0.39 is 0 Å². The van der Waals surface area contributed by atoms with E-state index in [0.29, 0.717) is 17.6 Å². The number of rotatable bonds is 5. The predicted octanol–water partition coefficient (Wildman–Crippen LogP) is 3.11. The lowest BCUT2D eigenvalue weighted by molar-refractivity contribution is -0.130. The van der Waals surface area contributed by atoms with Crippen LogP contribution in [-0.2, 0) is 4.79 Å². The summed E-state index contributed by atoms with van der Waals surface area (Å²) in [5, 5.41) is 0. The van der Waals surface area contributed by atoms with Gasteiger partial charge in [0.2, 0.25) is 5.91 Å². The van der Waals surface area contributed by atoms with Crippen LogP contribution in [0.15, 0.2) is 35.2 Å². The van der Waals surface area contributed by atoms with Crippen LogP contribution >= 0.6 is 11.8 Å². The van der Waals surface area contributed by atoms with Crippen molar-refractivity contribution in [3.63, 3.8) is 0 Å². The van der Waals surface area contributed by atoms with Gasteiger partial charge >= 0.3 is 0 Å². The predicted molar refractivity (Wildman–Crippen MR) is 92.1 cm³/mol. The van der Waals surface area contributed by atoms with E-state index in [1.54, 1.807) is 11.8 Å². The van der Waals surface area contributed by atoms with E-state index >= 15 is 0 Å². The lowest BCUT2D eigenvalue weighted by Gasteiger charge is -2.34. The van der Waals surface area contributed by atoms with Crippen molar-refractivity contribution in [3.8, 4) is 0 Å². The van der Waals surface area contributed by atoms with Gasteiger partial charge in [-0.25, -0.2) is 0 Å². The van der Waals surface area contributed by atoms with Gasteiger partial charge in [0, 0.05) is 24.5 Å². The maximum absolute atomic E-state index is 12.4. The molecular weight excluding hydrogens is 292 g/mol. The second-order valence-corrected chi connectivity index (χ2v) is 7.51. The van der Waals surface area contributed by atoms with Gasteiger partial charge in [0.25, 0.3) is 0 Å². The van der Waals surface area contributed by atoms with Crippen molar-refractivity contribution < 1.29 is 4.79 Å². The maximum Gasteiger partial charge on any atom is 0.232 e. The molecule has 1 amide bonds. The highest BCUT2D eigenvalue weighted by atomic mass is 32.2. The van der Waals surface area contributed by atoms with Crippen LogP contribution < -0.4 is 0 Å². The molecule has 1 aromatic carbocycles. The van der Waals surface area contributed by atoms with E-state index in [9.17, 15) is 4.79 Å². The summed E-state index contributed by atoms with van der Waals surface area (Å²) in [7, 11) is 0. The minimum atomic E-state index is 0.306. The normalized spacial score (nSPS) is 22.9. The summed E-state index contributed by atoms with van der Waals surface area (Å²) in [5.74, 6) is 1.55. The molecule has 0 spiro atoms. The Kier molecular flexibility index (Phi) is 5.79. The standard InChI is InChI=1S/C18H26N2OS/c21-18(15-22-17-8-2-1-3-9-17)20-12-6-7-16(14-20)13-19-10-4-5-11-19/h1-3,8-9,16H,4-7,10-15H2/t16-/m0/s1. The minimum Gasteiger partial charge on any atom is -0.342 e. The van der Waals surface area contributed by atoms with Crippen LogP contribution in [-0.4, -0.2) is 54.2 Å². The Morgan fingerprint density at radius 2 is 1.86 bits per heavy atom. The first kappa shape index (κ1) is 15.9. The van der Waals surface area contributed by atoms with Crippen molar-refractivity contribution in [3.05, 3.63) is 30.3 Å². The molecule has 1 atom stereocenters. The van der Waals surface area contributed by atoms with Crippen molar-refractivity contribution >= 4 is 17.7 Å². The fraction of sp³-hybridized carbons (Fsp3) is 0.611. The molecule has 2 aliphatic rings. The molecule has 0 bridgehead atoms. The molecule has 0 N–H and O–H groups in total. The molecule has 2 aliphatic heterocycles. The molecule has 3 rings (SSSR count). The van der Waals surface area contributed by atoms with Crippen molar-refractivity contribution in [2.75, 3.05) is 38.5 Å². The third-order valence-corrected chi connectivity index (χ3v) is 5.69. The van der Waals surface area contributed by atoms with Crippen LogP contribution in [0.5, 0.6) is 0 Å². The fourth-order valence-electron chi connectivity index (χ4n) is 3.52. The number of carbonyl (C=O) groups is 1. The summed E-state index contributed by atoms with van der Waals surface area (Å²) in [6.45, 7) is 5.62. The molecule has 0 aliphatic carbocycles. The largest absolute Gasteiger partial charge is 0.342 e. The Bertz CT molecular complexity index is 473. The summed E-state index contributed by atoms with van der Waals surface area (Å²) in [6.07, 6.45) is 5.15. The second kappa shape index (κ2) is 8.02. The first-order valence-electron chi connectivity index (χ1n) is 8.49. The molecule has 2 heterocycles. The van der Waals surface area contributed by atoms with Gasteiger partial charge in [0.05, 0.1) is 5.75 Å². The van der Waals surface area contributed by atoms with Gasteiger partial charge in [-0.3, -0.25) is 4.79 Å². The van der Waals surface area contributed by atoms with Crippen LogP contribution in [0.1, 0.15) is 25.7 Å². The molecule has 0 radical (unpaired) electrons. The lowest BCUT2D eigenvalue weighted by atomic mass is 9.97. The SMILES string of the molecule is O=C(CSc1ccccc1)N1CCC[C@@H](CN2CCCC2)C1. The number of hydrogen-bond acceptors (Lipinski definition) is 3. The summed E-state index contributed by atoms with van der Waals surface area (Å²) < 4.78 is 0. The van der Waals surface area contributed by atoms with Crippen LogP contribution in [0.3, 0.4) is 0 Å². The van der Waals surface area contributed by atoms with Crippen LogP contribution in [0.2, 0.25) is 0 Å². The van der Waals surface area contributed by atoms with E-state index in [4.69, 9.17) is 0 Å². The smallest absolute Gasteiger partial charge is 0.232 e. The van der Waals surface area contributed by atoms with Gasteiger partial charge in [-0.2, -0.15) is 0 Å². The Hall–Kier alpha value is -1.00. The highest BCUT2D eigenvalue weighted by Crippen LogP contribution is 2.22. The van der Waals surface area contributed by atoms with Crippen molar-refractivity contribution in [1.82, 2.24) is 9.80 Å². The van der Waals surface area contributed by atoms with Crippen LogP contribution in [0.4, 0.5) is 0 Å². The van der Waals surface area contributed by atoms with Gasteiger partial charge in [-0.1, -0.05) is 18.2 Å². The lowest BCUT2D eigenvalue weighted by Crippen LogP contribution is -2.44. The quantitative estimate of drug-likeness (QED) is 0.779. The van der Waals surface area contributed by atoms with Gasteiger partial charge in [-0.05, 0) is 56.8 Å². The van der Waals surface area contributed by atoms with E-state index in [1.807, 2.05) is 18.2 Å². The molecule has 22 heavy (non-hydrogen) atoms. The second-order valence-electron chi connectivity index (χ2n) is 6.46. The average molecular weight is 318 g/mol. The molecule has 2 saturated heterocycles. The van der Waals surface area contributed by atoms with Gasteiger partial charge in [0.15, 0.2) is 0 Å². The number of piperidine rings is 1. The molecule has 2 fully saturated rings. The first-order chi connectivity index (χ1) is 10.8. The van der Waals surface area contributed by atoms with E-state index in [-0.39, 0.29) is 0 Å². The molecule has 4 heteroatoms.